The Kier molecular flexibility index (Phi) is 47.6. The van der Waals surface area contributed by atoms with Crippen LogP contribution < -0.4 is 5.32 Å². The highest BCUT2D eigenvalue weighted by atomic mass is 16.7. The molecule has 0 saturated carbocycles. The smallest absolute Gasteiger partial charge is 0.220 e. The number of hydrogen-bond acceptors (Lipinski definition) is 13. The van der Waals surface area contributed by atoms with Gasteiger partial charge in [0.05, 0.1) is 32.0 Å². The molecule has 1 amide bonds. The molecule has 12 atom stereocenters. The first kappa shape index (κ1) is 74.1. The third kappa shape index (κ3) is 35.9. The van der Waals surface area contributed by atoms with Crippen molar-refractivity contribution in [2.24, 2.45) is 0 Å². The first-order chi connectivity index (χ1) is 39.1. The van der Waals surface area contributed by atoms with Crippen molar-refractivity contribution >= 4 is 5.91 Å². The number of nitrogens with one attached hydrogen (secondary N) is 1. The summed E-state index contributed by atoms with van der Waals surface area (Å²) in [6.45, 7) is 2.77. The minimum Gasteiger partial charge on any atom is -0.394 e. The number of aliphatic hydroxyl groups is 8. The molecule has 468 valence electrons. The maximum Gasteiger partial charge on any atom is 0.220 e. The summed E-state index contributed by atoms with van der Waals surface area (Å²) in [5.41, 5.74) is 0. The Morgan fingerprint density at radius 1 is 0.463 bits per heavy atom. The van der Waals surface area contributed by atoms with Crippen molar-refractivity contribution in [3.05, 3.63) is 48.6 Å². The van der Waals surface area contributed by atoms with Gasteiger partial charge in [-0.05, 0) is 51.4 Å². The minimum absolute atomic E-state index is 0.219. The van der Waals surface area contributed by atoms with Crippen molar-refractivity contribution < 1.29 is 64.6 Å². The third-order valence-electron chi connectivity index (χ3n) is 16.1. The van der Waals surface area contributed by atoms with E-state index in [1.807, 2.05) is 0 Å². The lowest BCUT2D eigenvalue weighted by Gasteiger charge is -2.46. The van der Waals surface area contributed by atoms with Crippen LogP contribution in [-0.2, 0) is 23.7 Å². The molecule has 80 heavy (non-hydrogen) atoms. The Hall–Kier alpha value is -2.05. The fourth-order valence-electron chi connectivity index (χ4n) is 10.8. The lowest BCUT2D eigenvalue weighted by molar-refractivity contribution is -0.359. The van der Waals surface area contributed by atoms with Crippen molar-refractivity contribution in [1.29, 1.82) is 0 Å². The average molecular weight is 1140 g/mol. The lowest BCUT2D eigenvalue weighted by atomic mass is 9.97. The molecule has 0 bridgehead atoms. The second kappa shape index (κ2) is 51.4. The molecule has 0 aromatic rings. The van der Waals surface area contributed by atoms with Crippen molar-refractivity contribution in [3.8, 4) is 0 Å². The molecule has 12 unspecified atom stereocenters. The standard InChI is InChI=1S/C66H121NO13/c1-3-5-7-9-11-13-15-17-19-21-23-24-25-26-27-28-29-30-32-33-35-37-39-41-43-45-47-49-55(70)54(67-58(71)50-48-46-44-42-40-38-36-34-31-22-20-18-16-14-12-10-8-6-4-2)53-77-65-63(76)61(74)64(57(52-69)79-65)80-66-62(75)60(73)59(72)56(51-68)78-66/h6,8,12,14,18,20,31,34,54-57,59-66,68-70,72-76H,3-5,7,9-11,13,15-17,19,21-30,32-33,35-53H2,1-2H3,(H,67,71)/b8-6-,14-12-,20-18-,34-31-. The van der Waals surface area contributed by atoms with E-state index in [2.05, 4.69) is 67.8 Å². The van der Waals surface area contributed by atoms with Crippen LogP contribution in [0.4, 0.5) is 0 Å². The van der Waals surface area contributed by atoms with Crippen LogP contribution in [0, 0.1) is 0 Å². The van der Waals surface area contributed by atoms with Crippen molar-refractivity contribution in [2.45, 2.75) is 344 Å². The zero-order chi connectivity index (χ0) is 58.1. The highest BCUT2D eigenvalue weighted by molar-refractivity contribution is 5.76. The van der Waals surface area contributed by atoms with Crippen LogP contribution in [0.3, 0.4) is 0 Å². The van der Waals surface area contributed by atoms with E-state index < -0.39 is 86.8 Å². The summed E-state index contributed by atoms with van der Waals surface area (Å²) in [6.07, 6.45) is 48.3. The minimum atomic E-state index is -1.79. The highest BCUT2D eigenvalue weighted by Gasteiger charge is 2.51. The molecule has 0 aromatic heterocycles. The number of rotatable bonds is 53. The molecule has 0 aliphatic carbocycles. The van der Waals surface area contributed by atoms with Crippen LogP contribution in [0.2, 0.25) is 0 Å². The number of hydrogen-bond donors (Lipinski definition) is 9. The number of amides is 1. The van der Waals surface area contributed by atoms with Crippen LogP contribution in [0.15, 0.2) is 48.6 Å². The van der Waals surface area contributed by atoms with E-state index in [4.69, 9.17) is 18.9 Å². The van der Waals surface area contributed by atoms with E-state index in [0.29, 0.717) is 12.8 Å². The Morgan fingerprint density at radius 3 is 1.32 bits per heavy atom. The zero-order valence-corrected chi connectivity index (χ0v) is 50.6. The first-order valence-electron chi connectivity index (χ1n) is 32.9. The van der Waals surface area contributed by atoms with Gasteiger partial charge in [0.2, 0.25) is 5.91 Å². The van der Waals surface area contributed by atoms with Gasteiger partial charge in [-0.15, -0.1) is 0 Å². The molecule has 2 aliphatic rings. The molecule has 2 heterocycles. The van der Waals surface area contributed by atoms with E-state index >= 15 is 0 Å². The quantitative estimate of drug-likeness (QED) is 0.0204. The molecule has 2 rings (SSSR count). The van der Waals surface area contributed by atoms with Crippen molar-refractivity contribution in [3.63, 3.8) is 0 Å². The summed E-state index contributed by atoms with van der Waals surface area (Å²) in [5.74, 6) is -0.219. The summed E-state index contributed by atoms with van der Waals surface area (Å²) in [5, 5.41) is 87.5. The lowest BCUT2D eigenvalue weighted by Crippen LogP contribution is -2.65. The molecule has 0 radical (unpaired) electrons. The second-order valence-electron chi connectivity index (χ2n) is 23.2. The maximum absolute atomic E-state index is 13.3. The van der Waals surface area contributed by atoms with Crippen LogP contribution >= 0.6 is 0 Å². The van der Waals surface area contributed by atoms with Gasteiger partial charge in [0.1, 0.15) is 48.8 Å². The Morgan fingerprint density at radius 2 is 0.863 bits per heavy atom. The molecular weight excluding hydrogens is 1010 g/mol. The Balaban J connectivity index is 1.70. The maximum atomic E-state index is 13.3. The fourth-order valence-corrected chi connectivity index (χ4v) is 10.8. The van der Waals surface area contributed by atoms with Crippen LogP contribution in [0.1, 0.15) is 271 Å². The van der Waals surface area contributed by atoms with E-state index in [-0.39, 0.29) is 18.9 Å². The Bertz CT molecular complexity index is 1530. The fraction of sp³-hybridized carbons (Fsp3) is 0.864. The summed E-state index contributed by atoms with van der Waals surface area (Å²) in [4.78, 5) is 13.3. The van der Waals surface area contributed by atoms with Gasteiger partial charge in [-0.3, -0.25) is 4.79 Å². The average Bonchev–Trinajstić information content (AvgIpc) is 3.48. The number of ether oxygens (including phenoxy) is 4. The predicted octanol–water partition coefficient (Wildman–Crippen LogP) is 12.3. The zero-order valence-electron chi connectivity index (χ0n) is 50.6. The van der Waals surface area contributed by atoms with Gasteiger partial charge in [0.15, 0.2) is 12.6 Å². The van der Waals surface area contributed by atoms with E-state index in [9.17, 15) is 45.6 Å². The molecule has 2 fully saturated rings. The number of aliphatic hydroxyl groups excluding tert-OH is 8. The summed E-state index contributed by atoms with van der Waals surface area (Å²) >= 11 is 0. The number of carbonyl (C=O) groups is 1. The van der Waals surface area contributed by atoms with Crippen molar-refractivity contribution in [2.75, 3.05) is 19.8 Å². The van der Waals surface area contributed by atoms with Gasteiger partial charge in [0, 0.05) is 6.42 Å². The van der Waals surface area contributed by atoms with Crippen LogP contribution in [0.25, 0.3) is 0 Å². The number of allylic oxidation sites excluding steroid dienone is 8. The molecular formula is C66H121NO13. The number of carbonyl (C=O) groups excluding carboxylic acids is 1. The second-order valence-corrected chi connectivity index (χ2v) is 23.2. The monoisotopic (exact) mass is 1140 g/mol. The van der Waals surface area contributed by atoms with E-state index in [0.717, 1.165) is 89.9 Å². The van der Waals surface area contributed by atoms with Gasteiger partial charge in [0.25, 0.3) is 0 Å². The summed E-state index contributed by atoms with van der Waals surface area (Å²) in [6, 6.07) is -0.839. The molecule has 2 aliphatic heterocycles. The van der Waals surface area contributed by atoms with Gasteiger partial charge >= 0.3 is 0 Å². The molecule has 0 aromatic carbocycles. The van der Waals surface area contributed by atoms with Gasteiger partial charge in [-0.1, -0.05) is 262 Å². The molecule has 14 heteroatoms. The first-order valence-corrected chi connectivity index (χ1v) is 32.9. The summed E-state index contributed by atoms with van der Waals surface area (Å²) in [7, 11) is 0. The van der Waals surface area contributed by atoms with E-state index in [1.54, 1.807) is 0 Å². The summed E-state index contributed by atoms with van der Waals surface area (Å²) < 4.78 is 22.9. The largest absolute Gasteiger partial charge is 0.394 e. The third-order valence-corrected chi connectivity index (χ3v) is 16.1. The normalized spacial score (nSPS) is 24.5. The molecule has 9 N–H and O–H groups in total. The van der Waals surface area contributed by atoms with E-state index in [1.165, 1.54) is 148 Å². The topological polar surface area (TPSA) is 228 Å². The van der Waals surface area contributed by atoms with Crippen LogP contribution in [0.5, 0.6) is 0 Å². The van der Waals surface area contributed by atoms with Crippen LogP contribution in [-0.4, -0.2) is 140 Å². The predicted molar refractivity (Wildman–Crippen MR) is 323 cm³/mol. The van der Waals surface area contributed by atoms with Crippen molar-refractivity contribution in [1.82, 2.24) is 5.32 Å². The SMILES string of the molecule is CC/C=C\C/C=C\C/C=C\C/C=C\CCCCCCCCC(=O)NC(COC1OC(CO)C(OC2OC(CO)C(O)C(O)C2O)C(O)C1O)C(O)CCCCCCCCCCCCCCCCCCCCCCCCCCCCC. The molecule has 14 nitrogen and oxygen atoms in total. The highest BCUT2D eigenvalue weighted by Crippen LogP contribution is 2.30. The van der Waals surface area contributed by atoms with Gasteiger partial charge in [-0.25, -0.2) is 0 Å². The molecule has 2 saturated heterocycles. The number of unbranched alkanes of at least 4 members (excludes halogenated alkanes) is 32. The molecule has 0 spiro atoms. The Labute approximate surface area is 486 Å². The van der Waals surface area contributed by atoms with Gasteiger partial charge < -0.3 is 65.1 Å². The van der Waals surface area contributed by atoms with Gasteiger partial charge in [-0.2, -0.15) is 0 Å².